The summed E-state index contributed by atoms with van der Waals surface area (Å²) in [5.74, 6) is 0.676. The van der Waals surface area contributed by atoms with Crippen LogP contribution in [0.1, 0.15) is 35.3 Å². The van der Waals surface area contributed by atoms with Crippen molar-refractivity contribution in [3.05, 3.63) is 64.7 Å². The highest BCUT2D eigenvalue weighted by molar-refractivity contribution is 6.30. The molecule has 1 atom stereocenters. The van der Waals surface area contributed by atoms with Gasteiger partial charge in [0.05, 0.1) is 13.2 Å². The lowest BCUT2D eigenvalue weighted by atomic mass is 10.0. The molecule has 1 amide bonds. The van der Waals surface area contributed by atoms with Crippen molar-refractivity contribution in [1.29, 1.82) is 0 Å². The van der Waals surface area contributed by atoms with Gasteiger partial charge in [0.15, 0.2) is 0 Å². The monoisotopic (exact) mass is 303 g/mol. The molecule has 0 aromatic heterocycles. The van der Waals surface area contributed by atoms with E-state index >= 15 is 0 Å². The molecule has 0 saturated heterocycles. The summed E-state index contributed by atoms with van der Waals surface area (Å²) in [5.41, 5.74) is 1.61. The van der Waals surface area contributed by atoms with Crippen molar-refractivity contribution in [2.75, 3.05) is 7.11 Å². The van der Waals surface area contributed by atoms with Crippen LogP contribution in [0.2, 0.25) is 5.02 Å². The van der Waals surface area contributed by atoms with Gasteiger partial charge in [-0.15, -0.1) is 0 Å². The third-order valence-electron chi connectivity index (χ3n) is 3.32. The molecule has 4 heteroatoms. The van der Waals surface area contributed by atoms with E-state index in [2.05, 4.69) is 5.32 Å². The second kappa shape index (κ2) is 7.14. The molecule has 0 spiro atoms. The minimum absolute atomic E-state index is 0.0395. The number of ether oxygens (including phenoxy) is 1. The number of hydrogen-bond donors (Lipinski definition) is 1. The van der Waals surface area contributed by atoms with Crippen molar-refractivity contribution in [2.24, 2.45) is 0 Å². The minimum atomic E-state index is -0.125. The van der Waals surface area contributed by atoms with Crippen LogP contribution in [0.4, 0.5) is 0 Å². The number of hydrogen-bond acceptors (Lipinski definition) is 2. The number of carbonyl (C=O) groups excluding carboxylic acids is 1. The molecule has 2 aromatic rings. The van der Waals surface area contributed by atoms with Gasteiger partial charge in [-0.2, -0.15) is 0 Å². The van der Waals surface area contributed by atoms with Crippen LogP contribution in [0.15, 0.2) is 48.5 Å². The van der Waals surface area contributed by atoms with Crippen LogP contribution in [-0.2, 0) is 0 Å². The van der Waals surface area contributed by atoms with Crippen LogP contribution in [0, 0.1) is 0 Å². The smallest absolute Gasteiger partial charge is 0.251 e. The number of carbonyl (C=O) groups is 1. The van der Waals surface area contributed by atoms with Gasteiger partial charge in [0, 0.05) is 10.6 Å². The molecule has 0 aliphatic carbocycles. The molecule has 2 rings (SSSR count). The maximum absolute atomic E-state index is 12.3. The third kappa shape index (κ3) is 3.99. The van der Waals surface area contributed by atoms with Crippen molar-refractivity contribution in [2.45, 2.75) is 19.4 Å². The Morgan fingerprint density at radius 2 is 1.95 bits per heavy atom. The van der Waals surface area contributed by atoms with Gasteiger partial charge < -0.3 is 10.1 Å². The van der Waals surface area contributed by atoms with Gasteiger partial charge in [0.2, 0.25) is 0 Å². The maximum atomic E-state index is 12.3. The predicted octanol–water partition coefficient (Wildman–Crippen LogP) is 4.23. The summed E-state index contributed by atoms with van der Waals surface area (Å²) in [7, 11) is 1.63. The van der Waals surface area contributed by atoms with Gasteiger partial charge in [-0.05, 0) is 42.3 Å². The van der Waals surface area contributed by atoms with Gasteiger partial charge in [-0.25, -0.2) is 0 Å². The Morgan fingerprint density at radius 1 is 1.24 bits per heavy atom. The van der Waals surface area contributed by atoms with Gasteiger partial charge in [0.25, 0.3) is 5.91 Å². The minimum Gasteiger partial charge on any atom is -0.497 e. The van der Waals surface area contributed by atoms with E-state index in [1.165, 1.54) is 0 Å². The van der Waals surface area contributed by atoms with Crippen molar-refractivity contribution in [1.82, 2.24) is 5.32 Å². The molecule has 0 aliphatic heterocycles. The molecule has 0 fully saturated rings. The molecule has 0 aliphatic rings. The first-order valence-corrected chi connectivity index (χ1v) is 7.22. The van der Waals surface area contributed by atoms with E-state index in [0.29, 0.717) is 10.6 Å². The van der Waals surface area contributed by atoms with Crippen LogP contribution in [0.3, 0.4) is 0 Å². The van der Waals surface area contributed by atoms with E-state index in [9.17, 15) is 4.79 Å². The summed E-state index contributed by atoms with van der Waals surface area (Å²) < 4.78 is 5.14. The molecule has 0 heterocycles. The number of benzene rings is 2. The number of nitrogens with one attached hydrogen (secondary N) is 1. The molecule has 2 aromatic carbocycles. The molecule has 0 saturated carbocycles. The Labute approximate surface area is 129 Å². The maximum Gasteiger partial charge on any atom is 0.251 e. The zero-order valence-electron chi connectivity index (χ0n) is 12.1. The first kappa shape index (κ1) is 15.4. The predicted molar refractivity (Wildman–Crippen MR) is 84.9 cm³/mol. The van der Waals surface area contributed by atoms with Crippen LogP contribution in [0.25, 0.3) is 0 Å². The van der Waals surface area contributed by atoms with Gasteiger partial charge >= 0.3 is 0 Å². The van der Waals surface area contributed by atoms with Crippen molar-refractivity contribution in [3.8, 4) is 5.75 Å². The van der Waals surface area contributed by atoms with Crippen LogP contribution >= 0.6 is 11.6 Å². The fraction of sp³-hybridized carbons (Fsp3) is 0.235. The number of rotatable bonds is 5. The second-order valence-electron chi connectivity index (χ2n) is 4.72. The van der Waals surface area contributed by atoms with Crippen LogP contribution in [0.5, 0.6) is 5.75 Å². The van der Waals surface area contributed by atoms with E-state index in [4.69, 9.17) is 16.3 Å². The fourth-order valence-corrected chi connectivity index (χ4v) is 2.32. The van der Waals surface area contributed by atoms with Crippen LogP contribution in [-0.4, -0.2) is 13.0 Å². The lowest BCUT2D eigenvalue weighted by Gasteiger charge is -2.18. The molecular weight excluding hydrogens is 286 g/mol. The molecule has 3 nitrogen and oxygen atoms in total. The molecule has 1 N–H and O–H groups in total. The Kier molecular flexibility index (Phi) is 5.23. The fourth-order valence-electron chi connectivity index (χ4n) is 2.13. The standard InChI is InChI=1S/C17H18ClNO2/c1-3-16(12-7-9-15(21-2)10-8-12)19-17(20)13-5-4-6-14(18)11-13/h4-11,16H,3H2,1-2H3,(H,19,20)/t16-/m1/s1. The molecule has 110 valence electrons. The lowest BCUT2D eigenvalue weighted by Crippen LogP contribution is -2.28. The molecule has 0 radical (unpaired) electrons. The summed E-state index contributed by atoms with van der Waals surface area (Å²) in [6.07, 6.45) is 0.804. The van der Waals surface area contributed by atoms with E-state index in [1.807, 2.05) is 31.2 Å². The molecule has 0 bridgehead atoms. The van der Waals surface area contributed by atoms with Crippen LogP contribution < -0.4 is 10.1 Å². The average molecular weight is 304 g/mol. The normalized spacial score (nSPS) is 11.8. The Hall–Kier alpha value is -2.00. The van der Waals surface area contributed by atoms with Gasteiger partial charge in [-0.1, -0.05) is 36.7 Å². The van der Waals surface area contributed by atoms with E-state index in [0.717, 1.165) is 17.7 Å². The third-order valence-corrected chi connectivity index (χ3v) is 3.55. The number of amides is 1. The lowest BCUT2D eigenvalue weighted by molar-refractivity contribution is 0.0935. The van der Waals surface area contributed by atoms with Gasteiger partial charge in [0.1, 0.15) is 5.75 Å². The Bertz CT molecular complexity index is 610. The zero-order chi connectivity index (χ0) is 15.2. The summed E-state index contributed by atoms with van der Waals surface area (Å²) in [4.78, 5) is 12.3. The summed E-state index contributed by atoms with van der Waals surface area (Å²) in [5, 5.41) is 3.58. The highest BCUT2D eigenvalue weighted by atomic mass is 35.5. The summed E-state index contributed by atoms with van der Waals surface area (Å²) >= 11 is 5.92. The summed E-state index contributed by atoms with van der Waals surface area (Å²) in [6.45, 7) is 2.03. The van der Waals surface area contributed by atoms with Crippen molar-refractivity contribution < 1.29 is 9.53 Å². The molecule has 0 unspecified atom stereocenters. The number of halogens is 1. The second-order valence-corrected chi connectivity index (χ2v) is 5.15. The van der Waals surface area contributed by atoms with Gasteiger partial charge in [-0.3, -0.25) is 4.79 Å². The largest absolute Gasteiger partial charge is 0.497 e. The Morgan fingerprint density at radius 3 is 2.52 bits per heavy atom. The first-order chi connectivity index (χ1) is 10.1. The first-order valence-electron chi connectivity index (χ1n) is 6.84. The zero-order valence-corrected chi connectivity index (χ0v) is 12.9. The SMILES string of the molecule is CC[C@@H](NC(=O)c1cccc(Cl)c1)c1ccc(OC)cc1. The quantitative estimate of drug-likeness (QED) is 0.897. The topological polar surface area (TPSA) is 38.3 Å². The van der Waals surface area contributed by atoms with E-state index < -0.39 is 0 Å². The van der Waals surface area contributed by atoms with E-state index in [1.54, 1.807) is 31.4 Å². The van der Waals surface area contributed by atoms with E-state index in [-0.39, 0.29) is 11.9 Å². The van der Waals surface area contributed by atoms with Crippen molar-refractivity contribution in [3.63, 3.8) is 0 Å². The highest BCUT2D eigenvalue weighted by Crippen LogP contribution is 2.21. The Balaban J connectivity index is 2.12. The highest BCUT2D eigenvalue weighted by Gasteiger charge is 2.14. The molecule has 21 heavy (non-hydrogen) atoms. The summed E-state index contributed by atoms with van der Waals surface area (Å²) in [6, 6.07) is 14.6. The number of methoxy groups -OCH3 is 1. The molecular formula is C17H18ClNO2. The van der Waals surface area contributed by atoms with Crippen molar-refractivity contribution >= 4 is 17.5 Å². The average Bonchev–Trinajstić information content (AvgIpc) is 2.52.